The van der Waals surface area contributed by atoms with Gasteiger partial charge < -0.3 is 14.8 Å². The van der Waals surface area contributed by atoms with Crippen molar-refractivity contribution >= 4 is 21.7 Å². The summed E-state index contributed by atoms with van der Waals surface area (Å²) in [7, 11) is -3.92. The van der Waals surface area contributed by atoms with Crippen LogP contribution < -0.4 is 10.5 Å². The van der Waals surface area contributed by atoms with E-state index < -0.39 is 15.9 Å². The van der Waals surface area contributed by atoms with Crippen molar-refractivity contribution in [3.63, 3.8) is 0 Å². The largest absolute Gasteiger partial charge is 0.364 e. The van der Waals surface area contributed by atoms with Gasteiger partial charge in [0, 0.05) is 24.1 Å². The van der Waals surface area contributed by atoms with Crippen LogP contribution in [0.15, 0.2) is 57.9 Å². The van der Waals surface area contributed by atoms with Crippen LogP contribution in [0, 0.1) is 13.8 Å². The van der Waals surface area contributed by atoms with E-state index in [-0.39, 0.29) is 10.7 Å². The first-order valence-corrected chi connectivity index (χ1v) is 13.7. The number of primary amides is 1. The van der Waals surface area contributed by atoms with Crippen molar-refractivity contribution < 1.29 is 17.7 Å². The average Bonchev–Trinajstić information content (AvgIpc) is 3.39. The smallest absolute Gasteiger partial charge is 0.267 e. The summed E-state index contributed by atoms with van der Waals surface area (Å²) in [5, 5.41) is 3.82. The Hall–Kier alpha value is -3.92. The van der Waals surface area contributed by atoms with Gasteiger partial charge in [-0.25, -0.2) is 13.4 Å². The lowest BCUT2D eigenvalue weighted by Crippen LogP contribution is -2.20. The fourth-order valence-corrected chi connectivity index (χ4v) is 5.56. The maximum Gasteiger partial charge on any atom is 0.267 e. The highest BCUT2D eigenvalue weighted by molar-refractivity contribution is 7.92. The number of sulfonamides is 1. The summed E-state index contributed by atoms with van der Waals surface area (Å²) in [4.78, 5) is 17.0. The summed E-state index contributed by atoms with van der Waals surface area (Å²) in [6, 6.07) is 14.4. The highest BCUT2D eigenvalue weighted by atomic mass is 32.2. The van der Waals surface area contributed by atoms with Crippen molar-refractivity contribution in [3.8, 4) is 11.1 Å². The van der Waals surface area contributed by atoms with Crippen molar-refractivity contribution in [1.82, 2.24) is 14.7 Å². The first-order chi connectivity index (χ1) is 17.7. The molecule has 2 aromatic carbocycles. The van der Waals surface area contributed by atoms with Gasteiger partial charge in [-0.3, -0.25) is 9.52 Å². The second-order valence-corrected chi connectivity index (χ2v) is 10.5. The van der Waals surface area contributed by atoms with Crippen LogP contribution in [0.5, 0.6) is 0 Å². The maximum absolute atomic E-state index is 13.2. The number of aromatic nitrogens is 3. The Morgan fingerprint density at radius 3 is 2.38 bits per heavy atom. The van der Waals surface area contributed by atoms with Crippen LogP contribution in [0.2, 0.25) is 0 Å². The average molecular weight is 522 g/mol. The van der Waals surface area contributed by atoms with E-state index in [0.29, 0.717) is 41.2 Å². The van der Waals surface area contributed by atoms with Crippen LogP contribution in [-0.4, -0.2) is 29.0 Å². The van der Waals surface area contributed by atoms with Crippen LogP contribution in [0.25, 0.3) is 11.1 Å². The second-order valence-electron chi connectivity index (χ2n) is 8.89. The van der Waals surface area contributed by atoms with Crippen LogP contribution in [0.3, 0.4) is 0 Å². The summed E-state index contributed by atoms with van der Waals surface area (Å²) < 4.78 is 36.0. The first kappa shape index (κ1) is 26.2. The Morgan fingerprint density at radius 2 is 1.78 bits per heavy atom. The Balaban J connectivity index is 1.66. The van der Waals surface area contributed by atoms with Crippen LogP contribution in [-0.2, 0) is 29.4 Å². The molecule has 0 aliphatic carbocycles. The topological polar surface area (TPSA) is 133 Å². The third kappa shape index (κ3) is 5.29. The number of carbonyl (C=O) groups is 1. The minimum absolute atomic E-state index is 0.131. The lowest BCUT2D eigenvalue weighted by molar-refractivity contribution is 0.0990. The molecule has 1 amide bonds. The van der Waals surface area contributed by atoms with E-state index in [1.165, 1.54) is 0 Å². The molecule has 0 bridgehead atoms. The van der Waals surface area contributed by atoms with Gasteiger partial charge in [-0.05, 0) is 43.9 Å². The molecule has 10 heteroatoms. The van der Waals surface area contributed by atoms with Crippen molar-refractivity contribution in [2.24, 2.45) is 5.73 Å². The molecule has 0 saturated carbocycles. The quantitative estimate of drug-likeness (QED) is 0.313. The van der Waals surface area contributed by atoms with Gasteiger partial charge >= 0.3 is 0 Å². The third-order valence-corrected chi connectivity index (χ3v) is 7.73. The Labute approximate surface area is 216 Å². The summed E-state index contributed by atoms with van der Waals surface area (Å²) in [5.74, 6) is 1.06. The standard InChI is InChI=1S/C27H31N5O4S/c1-5-9-24-29-22(6-2)25(26(28)33)32(24)16-19-12-14-20(15-13-19)21-10-7-8-11-23(21)37(34,35)31-27-17(3)18(4)36-30-27/h7-8,10-15H,5-6,9,16H2,1-4H3,(H2,28,33)(H,30,31). The number of nitrogens with one attached hydrogen (secondary N) is 1. The SMILES string of the molecule is CCCc1nc(CC)c(C(N)=O)n1Cc1ccc(-c2ccccc2S(=O)(=O)Nc2noc(C)c2C)cc1. The summed E-state index contributed by atoms with van der Waals surface area (Å²) in [6.45, 7) is 7.92. The van der Waals surface area contributed by atoms with E-state index in [1.54, 1.807) is 38.1 Å². The number of hydrogen-bond acceptors (Lipinski definition) is 6. The number of nitrogens with zero attached hydrogens (tertiary/aromatic N) is 3. The van der Waals surface area contributed by atoms with E-state index in [2.05, 4.69) is 21.8 Å². The third-order valence-electron chi connectivity index (χ3n) is 6.33. The number of carbonyl (C=O) groups excluding carboxylic acids is 1. The van der Waals surface area contributed by atoms with Gasteiger partial charge in [-0.15, -0.1) is 0 Å². The Bertz CT molecular complexity index is 1540. The molecule has 0 spiro atoms. The molecule has 9 nitrogen and oxygen atoms in total. The maximum atomic E-state index is 13.2. The molecule has 4 aromatic rings. The molecule has 3 N–H and O–H groups in total. The zero-order chi connectivity index (χ0) is 26.7. The molecule has 0 aliphatic rings. The molecule has 0 fully saturated rings. The molecule has 194 valence electrons. The summed E-state index contributed by atoms with van der Waals surface area (Å²) in [6.07, 6.45) is 2.25. The van der Waals surface area contributed by atoms with Crippen LogP contribution in [0.4, 0.5) is 5.82 Å². The molecular weight excluding hydrogens is 490 g/mol. The Morgan fingerprint density at radius 1 is 1.08 bits per heavy atom. The van der Waals surface area contributed by atoms with Crippen molar-refractivity contribution in [2.45, 2.75) is 58.4 Å². The molecule has 4 rings (SSSR count). The van der Waals surface area contributed by atoms with Crippen LogP contribution in [0.1, 0.15) is 59.2 Å². The summed E-state index contributed by atoms with van der Waals surface area (Å²) in [5.41, 5.74) is 9.72. The number of rotatable bonds is 10. The second kappa shape index (κ2) is 10.6. The predicted molar refractivity (Wildman–Crippen MR) is 142 cm³/mol. The number of aryl methyl sites for hydroxylation is 3. The van der Waals surface area contributed by atoms with Crippen molar-refractivity contribution in [1.29, 1.82) is 0 Å². The monoisotopic (exact) mass is 521 g/mol. The van der Waals surface area contributed by atoms with Gasteiger partial charge in [0.05, 0.1) is 10.6 Å². The molecular formula is C27H31N5O4S. The fraction of sp³-hybridized carbons (Fsp3) is 0.296. The van der Waals surface area contributed by atoms with Gasteiger partial charge in [-0.2, -0.15) is 0 Å². The Kier molecular flexibility index (Phi) is 7.49. The predicted octanol–water partition coefficient (Wildman–Crippen LogP) is 4.62. The number of amides is 1. The highest BCUT2D eigenvalue weighted by Gasteiger charge is 2.23. The zero-order valence-electron chi connectivity index (χ0n) is 21.4. The lowest BCUT2D eigenvalue weighted by atomic mass is 10.0. The molecule has 2 heterocycles. The van der Waals surface area contributed by atoms with Gasteiger partial charge in [0.25, 0.3) is 15.9 Å². The minimum Gasteiger partial charge on any atom is -0.364 e. The van der Waals surface area contributed by atoms with E-state index in [4.69, 9.17) is 10.3 Å². The van der Waals surface area contributed by atoms with E-state index in [0.717, 1.165) is 29.8 Å². The molecule has 0 atom stereocenters. The fourth-order valence-electron chi connectivity index (χ4n) is 4.27. The van der Waals surface area contributed by atoms with Gasteiger partial charge in [0.2, 0.25) is 0 Å². The number of nitrogens with two attached hydrogens (primary N) is 1. The van der Waals surface area contributed by atoms with Crippen LogP contribution >= 0.6 is 0 Å². The summed E-state index contributed by atoms with van der Waals surface area (Å²) >= 11 is 0. The lowest BCUT2D eigenvalue weighted by Gasteiger charge is -2.13. The molecule has 0 saturated heterocycles. The number of benzene rings is 2. The molecule has 0 radical (unpaired) electrons. The number of hydrogen-bond donors (Lipinski definition) is 2. The normalized spacial score (nSPS) is 11.6. The minimum atomic E-state index is -3.92. The van der Waals surface area contributed by atoms with Gasteiger partial charge in [0.15, 0.2) is 5.82 Å². The van der Waals surface area contributed by atoms with Crippen molar-refractivity contribution in [3.05, 3.63) is 82.6 Å². The highest BCUT2D eigenvalue weighted by Crippen LogP contribution is 2.30. The number of imidazole rings is 1. The van der Waals surface area contributed by atoms with Gasteiger partial charge in [0.1, 0.15) is 17.3 Å². The first-order valence-electron chi connectivity index (χ1n) is 12.2. The van der Waals surface area contributed by atoms with Crippen molar-refractivity contribution in [2.75, 3.05) is 4.72 Å². The van der Waals surface area contributed by atoms with E-state index >= 15 is 0 Å². The molecule has 0 unspecified atom stereocenters. The molecule has 37 heavy (non-hydrogen) atoms. The zero-order valence-corrected chi connectivity index (χ0v) is 22.2. The number of anilines is 1. The molecule has 0 aliphatic heterocycles. The van der Waals surface area contributed by atoms with E-state index in [9.17, 15) is 13.2 Å². The van der Waals surface area contributed by atoms with E-state index in [1.807, 2.05) is 35.8 Å². The molecule has 2 aromatic heterocycles. The van der Waals surface area contributed by atoms with Gasteiger partial charge in [-0.1, -0.05) is 61.5 Å².